The second-order valence-corrected chi connectivity index (χ2v) is 6.20. The predicted molar refractivity (Wildman–Crippen MR) is 94.3 cm³/mol. The van der Waals surface area contributed by atoms with E-state index in [-0.39, 0.29) is 16.3 Å². The highest BCUT2D eigenvalue weighted by atomic mass is 35.5. The third-order valence-electron chi connectivity index (χ3n) is 4.00. The normalized spacial score (nSPS) is 18.9. The van der Waals surface area contributed by atoms with Crippen LogP contribution in [0.2, 0.25) is 5.02 Å². The molecule has 1 amide bonds. The minimum absolute atomic E-state index is 0.0155. The number of benzene rings is 1. The molecule has 0 aromatic heterocycles. The Morgan fingerprint density at radius 1 is 1.50 bits per heavy atom. The molecule has 126 valence electrons. The number of carbonyl (C=O) groups excluding carboxylic acids is 1. The second kappa shape index (κ2) is 7.40. The first-order valence-corrected chi connectivity index (χ1v) is 7.80. The van der Waals surface area contributed by atoms with Gasteiger partial charge in [0.1, 0.15) is 5.02 Å². The summed E-state index contributed by atoms with van der Waals surface area (Å²) in [5.41, 5.74) is 5.14. The Bertz CT molecular complexity index is 768. The SMILES string of the molecule is C=C(C)[C@H]1CC=C(C)/C(=N/NC(=O)c2ccc(Cl)c([N+](=O)[O-])c2)C1. The third-order valence-corrected chi connectivity index (χ3v) is 4.32. The van der Waals surface area contributed by atoms with Crippen LogP contribution in [0, 0.1) is 16.0 Å². The Morgan fingerprint density at radius 3 is 2.83 bits per heavy atom. The van der Waals surface area contributed by atoms with Crippen LogP contribution in [0.25, 0.3) is 0 Å². The first-order chi connectivity index (χ1) is 11.3. The summed E-state index contributed by atoms with van der Waals surface area (Å²) in [7, 11) is 0. The van der Waals surface area contributed by atoms with Gasteiger partial charge >= 0.3 is 0 Å². The van der Waals surface area contributed by atoms with Crippen LogP contribution in [0.15, 0.2) is 47.1 Å². The molecule has 1 aliphatic rings. The summed E-state index contributed by atoms with van der Waals surface area (Å²) in [5.74, 6) is -0.214. The van der Waals surface area contributed by atoms with Crippen LogP contribution < -0.4 is 5.43 Å². The Balaban J connectivity index is 2.16. The van der Waals surface area contributed by atoms with Crippen molar-refractivity contribution < 1.29 is 9.72 Å². The number of nitro groups is 1. The van der Waals surface area contributed by atoms with Crippen molar-refractivity contribution in [2.24, 2.45) is 11.0 Å². The zero-order chi connectivity index (χ0) is 17.9. The maximum Gasteiger partial charge on any atom is 0.288 e. The Morgan fingerprint density at radius 2 is 2.21 bits per heavy atom. The van der Waals surface area contributed by atoms with Crippen LogP contribution in [0.1, 0.15) is 37.0 Å². The van der Waals surface area contributed by atoms with Crippen LogP contribution in [-0.4, -0.2) is 16.5 Å². The minimum atomic E-state index is -0.628. The third kappa shape index (κ3) is 4.08. The molecule has 0 saturated carbocycles. The monoisotopic (exact) mass is 347 g/mol. The van der Waals surface area contributed by atoms with E-state index in [4.69, 9.17) is 11.6 Å². The van der Waals surface area contributed by atoms with E-state index >= 15 is 0 Å². The van der Waals surface area contributed by atoms with Crippen molar-refractivity contribution in [3.63, 3.8) is 0 Å². The minimum Gasteiger partial charge on any atom is -0.267 e. The number of rotatable bonds is 4. The quantitative estimate of drug-likeness (QED) is 0.501. The summed E-state index contributed by atoms with van der Waals surface area (Å²) < 4.78 is 0. The zero-order valence-electron chi connectivity index (χ0n) is 13.5. The molecule has 2 rings (SSSR count). The van der Waals surface area contributed by atoms with Crippen molar-refractivity contribution in [1.29, 1.82) is 0 Å². The van der Waals surface area contributed by atoms with Gasteiger partial charge in [0.05, 0.1) is 10.6 Å². The number of nitro benzene ring substituents is 1. The fourth-order valence-corrected chi connectivity index (χ4v) is 2.59. The molecule has 0 heterocycles. The molecular formula is C17H18ClN3O3. The molecule has 1 atom stereocenters. The molecular weight excluding hydrogens is 330 g/mol. The molecule has 1 aliphatic carbocycles. The zero-order valence-corrected chi connectivity index (χ0v) is 14.3. The molecule has 0 aliphatic heterocycles. The number of halogens is 1. The smallest absolute Gasteiger partial charge is 0.267 e. The van der Waals surface area contributed by atoms with Gasteiger partial charge in [-0.3, -0.25) is 14.9 Å². The molecule has 0 spiro atoms. The maximum atomic E-state index is 12.2. The Labute approximate surface area is 145 Å². The van der Waals surface area contributed by atoms with Gasteiger partial charge in [0.2, 0.25) is 0 Å². The van der Waals surface area contributed by atoms with Crippen LogP contribution in [-0.2, 0) is 0 Å². The van der Waals surface area contributed by atoms with Crippen molar-refractivity contribution in [1.82, 2.24) is 5.43 Å². The average Bonchev–Trinajstić information content (AvgIpc) is 2.53. The van der Waals surface area contributed by atoms with E-state index in [0.29, 0.717) is 12.3 Å². The number of hydrogen-bond donors (Lipinski definition) is 1. The van der Waals surface area contributed by atoms with Crippen molar-refractivity contribution >= 4 is 28.9 Å². The van der Waals surface area contributed by atoms with Crippen molar-refractivity contribution in [2.75, 3.05) is 0 Å². The molecule has 0 unspecified atom stereocenters. The number of hydrogen-bond acceptors (Lipinski definition) is 4. The average molecular weight is 348 g/mol. The van der Waals surface area contributed by atoms with E-state index in [1.54, 1.807) is 0 Å². The van der Waals surface area contributed by atoms with Crippen LogP contribution in [0.3, 0.4) is 0 Å². The summed E-state index contributed by atoms with van der Waals surface area (Å²) in [4.78, 5) is 22.4. The van der Waals surface area contributed by atoms with Gasteiger partial charge in [-0.1, -0.05) is 29.8 Å². The fraction of sp³-hybridized carbons (Fsp3) is 0.294. The lowest BCUT2D eigenvalue weighted by molar-refractivity contribution is -0.384. The summed E-state index contributed by atoms with van der Waals surface area (Å²) >= 11 is 5.74. The Hall–Kier alpha value is -2.47. The first kappa shape index (κ1) is 17.9. The van der Waals surface area contributed by atoms with Gasteiger partial charge in [-0.15, -0.1) is 0 Å². The molecule has 6 nitrogen and oxygen atoms in total. The van der Waals surface area contributed by atoms with Gasteiger partial charge in [0, 0.05) is 11.6 Å². The predicted octanol–water partition coefficient (Wildman–Crippen LogP) is 4.27. The fourth-order valence-electron chi connectivity index (χ4n) is 2.40. The van der Waals surface area contributed by atoms with Gasteiger partial charge in [-0.25, -0.2) is 5.43 Å². The second-order valence-electron chi connectivity index (χ2n) is 5.79. The summed E-state index contributed by atoms with van der Waals surface area (Å²) in [5, 5.41) is 15.1. The number of carbonyl (C=O) groups is 1. The van der Waals surface area contributed by atoms with Gasteiger partial charge in [0.25, 0.3) is 11.6 Å². The molecule has 1 aromatic carbocycles. The van der Waals surface area contributed by atoms with Crippen LogP contribution in [0.5, 0.6) is 0 Å². The molecule has 7 heteroatoms. The number of allylic oxidation sites excluding steroid dienone is 3. The van der Waals surface area contributed by atoms with Gasteiger partial charge in [-0.05, 0) is 50.3 Å². The van der Waals surface area contributed by atoms with Crippen LogP contribution in [0.4, 0.5) is 5.69 Å². The number of nitrogens with zero attached hydrogens (tertiary/aromatic N) is 2. The molecule has 0 bridgehead atoms. The highest BCUT2D eigenvalue weighted by Crippen LogP contribution is 2.27. The number of amides is 1. The molecule has 0 fully saturated rings. The van der Waals surface area contributed by atoms with Crippen molar-refractivity contribution in [2.45, 2.75) is 26.7 Å². The van der Waals surface area contributed by atoms with E-state index in [1.807, 2.05) is 13.8 Å². The van der Waals surface area contributed by atoms with Gasteiger partial charge in [-0.2, -0.15) is 5.10 Å². The summed E-state index contributed by atoms with van der Waals surface area (Å²) in [6.07, 6.45) is 3.69. The molecule has 24 heavy (non-hydrogen) atoms. The van der Waals surface area contributed by atoms with E-state index < -0.39 is 10.8 Å². The summed E-state index contributed by atoms with van der Waals surface area (Å²) in [6, 6.07) is 3.88. The lowest BCUT2D eigenvalue weighted by atomic mass is 9.85. The molecule has 0 saturated heterocycles. The standard InChI is InChI=1S/C17H18ClN3O3/c1-10(2)12-5-4-11(3)15(8-12)19-20-17(22)13-6-7-14(18)16(9-13)21(23)24/h4,6-7,9,12H,1,5,8H2,2-3H3,(H,20,22)/b19-15+/t12-/m0/s1. The lowest BCUT2D eigenvalue weighted by Crippen LogP contribution is -2.23. The molecule has 1 N–H and O–H groups in total. The number of nitrogens with one attached hydrogen (secondary N) is 1. The van der Waals surface area contributed by atoms with E-state index in [2.05, 4.69) is 23.2 Å². The Kier molecular flexibility index (Phi) is 5.51. The lowest BCUT2D eigenvalue weighted by Gasteiger charge is -2.22. The topological polar surface area (TPSA) is 84.6 Å². The molecule has 0 radical (unpaired) electrons. The number of hydrazone groups is 1. The highest BCUT2D eigenvalue weighted by molar-refractivity contribution is 6.32. The largest absolute Gasteiger partial charge is 0.288 e. The van der Waals surface area contributed by atoms with Gasteiger partial charge in [0.15, 0.2) is 0 Å². The molecule has 1 aromatic rings. The first-order valence-electron chi connectivity index (χ1n) is 7.43. The maximum absolute atomic E-state index is 12.2. The van der Waals surface area contributed by atoms with E-state index in [0.717, 1.165) is 29.3 Å². The van der Waals surface area contributed by atoms with Crippen molar-refractivity contribution in [3.8, 4) is 0 Å². The summed E-state index contributed by atoms with van der Waals surface area (Å²) in [6.45, 7) is 7.88. The van der Waals surface area contributed by atoms with Crippen LogP contribution >= 0.6 is 11.6 Å². The van der Waals surface area contributed by atoms with E-state index in [1.165, 1.54) is 12.1 Å². The van der Waals surface area contributed by atoms with E-state index in [9.17, 15) is 14.9 Å². The van der Waals surface area contributed by atoms with Gasteiger partial charge < -0.3 is 0 Å². The highest BCUT2D eigenvalue weighted by Gasteiger charge is 2.20. The van der Waals surface area contributed by atoms with Crippen molar-refractivity contribution in [3.05, 3.63) is 62.7 Å².